The quantitative estimate of drug-likeness (QED) is 0.597. The van der Waals surface area contributed by atoms with E-state index in [2.05, 4.69) is 10.4 Å². The van der Waals surface area contributed by atoms with Crippen LogP contribution in [0.2, 0.25) is 0 Å². The second kappa shape index (κ2) is 5.55. The predicted octanol–water partition coefficient (Wildman–Crippen LogP) is 1.09. The van der Waals surface area contributed by atoms with Gasteiger partial charge in [0, 0.05) is 24.6 Å². The van der Waals surface area contributed by atoms with Crippen molar-refractivity contribution < 1.29 is 4.74 Å². The molecule has 1 saturated heterocycles. The molecule has 0 aliphatic carbocycles. The smallest absolute Gasteiger partial charge is 0.0941 e. The Balaban J connectivity index is 1.91. The molecule has 0 bridgehead atoms. The molecule has 2 unspecified atom stereocenters. The summed E-state index contributed by atoms with van der Waals surface area (Å²) < 4.78 is 5.71. The van der Waals surface area contributed by atoms with E-state index in [1.165, 1.54) is 12.8 Å². The van der Waals surface area contributed by atoms with Gasteiger partial charge in [0.25, 0.3) is 0 Å². The number of nitrogens with two attached hydrogens (primary N) is 1. The number of thiazole rings is 1. The first kappa shape index (κ1) is 11.0. The number of hydrogen-bond donors (Lipinski definition) is 2. The van der Waals surface area contributed by atoms with Crippen LogP contribution < -0.4 is 11.3 Å². The summed E-state index contributed by atoms with van der Waals surface area (Å²) in [5, 5.41) is 3.11. The van der Waals surface area contributed by atoms with Crippen molar-refractivity contribution in [1.82, 2.24) is 10.4 Å². The molecule has 3 N–H and O–H groups in total. The highest BCUT2D eigenvalue weighted by atomic mass is 32.1. The lowest BCUT2D eigenvalue weighted by atomic mass is 10.0. The van der Waals surface area contributed by atoms with Crippen molar-refractivity contribution in [3.63, 3.8) is 0 Å². The molecule has 0 saturated carbocycles. The highest BCUT2D eigenvalue weighted by molar-refractivity contribution is 7.09. The van der Waals surface area contributed by atoms with Crippen LogP contribution in [0.15, 0.2) is 11.6 Å². The van der Waals surface area contributed by atoms with Crippen LogP contribution in [-0.4, -0.2) is 23.7 Å². The van der Waals surface area contributed by atoms with E-state index in [9.17, 15) is 0 Å². The lowest BCUT2D eigenvalue weighted by Crippen LogP contribution is -2.47. The maximum absolute atomic E-state index is 5.71. The third-order valence-electron chi connectivity index (χ3n) is 2.76. The molecule has 1 aliphatic rings. The van der Waals surface area contributed by atoms with Crippen molar-refractivity contribution in [1.29, 1.82) is 0 Å². The number of rotatable bonds is 4. The molecule has 0 aromatic carbocycles. The predicted molar refractivity (Wildman–Crippen MR) is 60.5 cm³/mol. The van der Waals surface area contributed by atoms with E-state index >= 15 is 0 Å². The van der Waals surface area contributed by atoms with Crippen molar-refractivity contribution in [3.8, 4) is 0 Å². The molecule has 84 valence electrons. The Morgan fingerprint density at radius 3 is 3.20 bits per heavy atom. The average Bonchev–Trinajstić information content (AvgIpc) is 2.80. The summed E-state index contributed by atoms with van der Waals surface area (Å²) in [4.78, 5) is 4.27. The largest absolute Gasteiger partial charge is 0.377 e. The molecule has 0 spiro atoms. The van der Waals surface area contributed by atoms with Crippen molar-refractivity contribution in [3.05, 3.63) is 16.6 Å². The van der Waals surface area contributed by atoms with Crippen molar-refractivity contribution in [2.24, 2.45) is 5.84 Å². The maximum Gasteiger partial charge on any atom is 0.0941 e. The summed E-state index contributed by atoms with van der Waals surface area (Å²) in [5.41, 5.74) is 2.85. The van der Waals surface area contributed by atoms with Crippen LogP contribution in [0, 0.1) is 0 Å². The van der Waals surface area contributed by atoms with Gasteiger partial charge in [-0.3, -0.25) is 11.3 Å². The van der Waals surface area contributed by atoms with Gasteiger partial charge in [0.15, 0.2) is 0 Å². The zero-order valence-corrected chi connectivity index (χ0v) is 9.50. The Morgan fingerprint density at radius 2 is 2.60 bits per heavy atom. The fourth-order valence-corrected chi connectivity index (χ4v) is 2.60. The van der Waals surface area contributed by atoms with E-state index < -0.39 is 0 Å². The molecule has 5 heteroatoms. The molecule has 0 radical (unpaired) electrons. The maximum atomic E-state index is 5.71. The number of nitrogens with zero attached hydrogens (tertiary/aromatic N) is 1. The van der Waals surface area contributed by atoms with Crippen LogP contribution in [0.25, 0.3) is 0 Å². The minimum atomic E-state index is 0.191. The van der Waals surface area contributed by atoms with Gasteiger partial charge >= 0.3 is 0 Å². The standard InChI is InChI=1S/C10H17N3OS/c11-13-8(7-10-12-4-6-15-10)9-3-1-2-5-14-9/h4,6,8-9,13H,1-3,5,7,11H2. The number of nitrogens with one attached hydrogen (secondary N) is 1. The Morgan fingerprint density at radius 1 is 1.67 bits per heavy atom. The lowest BCUT2D eigenvalue weighted by molar-refractivity contribution is -0.00745. The van der Waals surface area contributed by atoms with Gasteiger partial charge in [-0.25, -0.2) is 4.98 Å². The van der Waals surface area contributed by atoms with Crippen molar-refractivity contribution in [2.75, 3.05) is 6.61 Å². The zero-order valence-electron chi connectivity index (χ0n) is 8.69. The molecule has 1 aliphatic heterocycles. The Hall–Kier alpha value is -0.490. The van der Waals surface area contributed by atoms with E-state index in [-0.39, 0.29) is 12.1 Å². The molecule has 2 heterocycles. The summed E-state index contributed by atoms with van der Waals surface area (Å²) in [5.74, 6) is 5.57. The third-order valence-corrected chi connectivity index (χ3v) is 3.56. The zero-order chi connectivity index (χ0) is 10.5. The Kier molecular flexibility index (Phi) is 4.08. The van der Waals surface area contributed by atoms with Crippen LogP contribution in [-0.2, 0) is 11.2 Å². The van der Waals surface area contributed by atoms with Gasteiger partial charge in [0.1, 0.15) is 0 Å². The SMILES string of the molecule is NNC(Cc1nccs1)C1CCCCO1. The van der Waals surface area contributed by atoms with E-state index in [1.807, 2.05) is 11.6 Å². The topological polar surface area (TPSA) is 60.2 Å². The van der Waals surface area contributed by atoms with E-state index in [0.717, 1.165) is 24.5 Å². The molecule has 1 fully saturated rings. The Labute approximate surface area is 93.8 Å². The molecular weight excluding hydrogens is 210 g/mol. The third kappa shape index (κ3) is 2.98. The average molecular weight is 227 g/mol. The first-order valence-corrected chi connectivity index (χ1v) is 6.24. The van der Waals surface area contributed by atoms with Crippen LogP contribution in [0.1, 0.15) is 24.3 Å². The highest BCUT2D eigenvalue weighted by Crippen LogP contribution is 2.18. The summed E-state index contributed by atoms with van der Waals surface area (Å²) in [7, 11) is 0. The second-order valence-corrected chi connectivity index (χ2v) is 4.79. The monoisotopic (exact) mass is 227 g/mol. The number of hydrazine groups is 1. The molecule has 1 aromatic heterocycles. The van der Waals surface area contributed by atoms with Gasteiger partial charge in [0.05, 0.1) is 17.2 Å². The molecule has 1 aromatic rings. The fourth-order valence-electron chi connectivity index (χ4n) is 1.92. The minimum Gasteiger partial charge on any atom is -0.377 e. The van der Waals surface area contributed by atoms with Gasteiger partial charge in [-0.15, -0.1) is 11.3 Å². The van der Waals surface area contributed by atoms with E-state index in [4.69, 9.17) is 10.6 Å². The van der Waals surface area contributed by atoms with Crippen LogP contribution >= 0.6 is 11.3 Å². The minimum absolute atomic E-state index is 0.191. The summed E-state index contributed by atoms with van der Waals surface area (Å²) in [6.45, 7) is 0.862. The van der Waals surface area contributed by atoms with E-state index in [0.29, 0.717) is 0 Å². The van der Waals surface area contributed by atoms with Gasteiger partial charge in [-0.1, -0.05) is 0 Å². The summed E-state index contributed by atoms with van der Waals surface area (Å²) >= 11 is 1.67. The highest BCUT2D eigenvalue weighted by Gasteiger charge is 2.24. The van der Waals surface area contributed by atoms with Crippen LogP contribution in [0.3, 0.4) is 0 Å². The van der Waals surface area contributed by atoms with Gasteiger partial charge in [-0.05, 0) is 19.3 Å². The van der Waals surface area contributed by atoms with Crippen LogP contribution in [0.5, 0.6) is 0 Å². The number of hydrogen-bond acceptors (Lipinski definition) is 5. The lowest BCUT2D eigenvalue weighted by Gasteiger charge is -2.29. The first-order chi connectivity index (χ1) is 7.40. The molecule has 0 amide bonds. The van der Waals surface area contributed by atoms with Crippen LogP contribution in [0.4, 0.5) is 0 Å². The normalized spacial score (nSPS) is 23.9. The van der Waals surface area contributed by atoms with Gasteiger partial charge in [-0.2, -0.15) is 0 Å². The van der Waals surface area contributed by atoms with Crippen molar-refractivity contribution in [2.45, 2.75) is 37.8 Å². The van der Waals surface area contributed by atoms with Crippen molar-refractivity contribution >= 4 is 11.3 Å². The first-order valence-electron chi connectivity index (χ1n) is 5.36. The molecule has 15 heavy (non-hydrogen) atoms. The fraction of sp³-hybridized carbons (Fsp3) is 0.700. The Bertz CT molecular complexity index is 272. The van der Waals surface area contributed by atoms with Gasteiger partial charge < -0.3 is 4.74 Å². The molecular formula is C10H17N3OS. The summed E-state index contributed by atoms with van der Waals surface area (Å²) in [6.07, 6.45) is 6.44. The molecule has 4 nitrogen and oxygen atoms in total. The van der Waals surface area contributed by atoms with Gasteiger partial charge in [0.2, 0.25) is 0 Å². The number of ether oxygens (including phenoxy) is 1. The second-order valence-electron chi connectivity index (χ2n) is 3.81. The molecule has 2 rings (SSSR count). The number of aromatic nitrogens is 1. The molecule has 2 atom stereocenters. The summed E-state index contributed by atoms with van der Waals surface area (Å²) in [6, 6.07) is 0.191. The van der Waals surface area contributed by atoms with E-state index in [1.54, 1.807) is 11.3 Å².